The van der Waals surface area contributed by atoms with Crippen molar-refractivity contribution in [3.05, 3.63) is 0 Å². The molecule has 0 aromatic rings. The monoisotopic (exact) mass is 126 g/mol. The van der Waals surface area contributed by atoms with Crippen LogP contribution in [0, 0.1) is 0 Å². The second-order valence-electron chi connectivity index (χ2n) is 3.18. The van der Waals surface area contributed by atoms with Crippen molar-refractivity contribution in [2.75, 3.05) is 0 Å². The van der Waals surface area contributed by atoms with Crippen LogP contribution in [0.3, 0.4) is 0 Å². The molecule has 2 saturated carbocycles. The van der Waals surface area contributed by atoms with E-state index in [1.807, 2.05) is 0 Å². The molecule has 0 aromatic heterocycles. The van der Waals surface area contributed by atoms with Crippen molar-refractivity contribution >= 4 is 0 Å². The minimum absolute atomic E-state index is 1.50. The Morgan fingerprint density at radius 1 is 0.222 bits per heavy atom. The van der Waals surface area contributed by atoms with Crippen molar-refractivity contribution in [2.24, 2.45) is 0 Å². The van der Waals surface area contributed by atoms with Gasteiger partial charge in [-0.05, 0) is 0 Å². The first-order chi connectivity index (χ1) is 4.50. The quantitative estimate of drug-likeness (QED) is 0.466. The summed E-state index contributed by atoms with van der Waals surface area (Å²) in [5.74, 6) is 0. The highest BCUT2D eigenvalue weighted by Crippen LogP contribution is 2.15. The lowest BCUT2D eigenvalue weighted by atomic mass is 10.0. The molecule has 0 unspecified atom stereocenters. The molecule has 0 nitrogen and oxygen atoms in total. The maximum absolute atomic E-state index is 1.50. The van der Waals surface area contributed by atoms with Gasteiger partial charge in [0.25, 0.3) is 0 Å². The molecule has 2 rings (SSSR count). The van der Waals surface area contributed by atoms with Crippen LogP contribution in [0.2, 0.25) is 0 Å². The lowest BCUT2D eigenvalue weighted by Crippen LogP contribution is -1.85. The van der Waals surface area contributed by atoms with E-state index in [9.17, 15) is 0 Å². The molecule has 54 valence electrons. The second kappa shape index (κ2) is 4.84. The highest BCUT2D eigenvalue weighted by molar-refractivity contribution is 4.51. The summed E-state index contributed by atoms with van der Waals surface area (Å²) in [5.41, 5.74) is 0. The van der Waals surface area contributed by atoms with Crippen LogP contribution in [-0.4, -0.2) is 0 Å². The van der Waals surface area contributed by atoms with Crippen molar-refractivity contribution in [2.45, 2.75) is 57.8 Å². The molecule has 0 spiro atoms. The molecule has 2 aliphatic rings. The van der Waals surface area contributed by atoms with Crippen molar-refractivity contribution in [1.82, 2.24) is 0 Å². The molecular weight excluding hydrogens is 108 g/mol. The van der Waals surface area contributed by atoms with Crippen molar-refractivity contribution < 1.29 is 0 Å². The lowest BCUT2D eigenvalue weighted by Gasteiger charge is -2.05. The Labute approximate surface area is 58.7 Å². The van der Waals surface area contributed by atoms with Crippen LogP contribution >= 0.6 is 0 Å². The van der Waals surface area contributed by atoms with Crippen molar-refractivity contribution in [1.29, 1.82) is 0 Å². The highest BCUT2D eigenvalue weighted by Gasteiger charge is 1.95. The van der Waals surface area contributed by atoms with Gasteiger partial charge in [0, 0.05) is 0 Å². The van der Waals surface area contributed by atoms with E-state index in [1.165, 1.54) is 57.8 Å². The first kappa shape index (κ1) is 7.11. The summed E-state index contributed by atoms with van der Waals surface area (Å²) in [7, 11) is 0. The summed E-state index contributed by atoms with van der Waals surface area (Å²) in [4.78, 5) is 0. The highest BCUT2D eigenvalue weighted by atomic mass is 14.0. The SMILES string of the molecule is C1CC1.C1CCCCC1. The van der Waals surface area contributed by atoms with Gasteiger partial charge in [0.05, 0.1) is 0 Å². The minimum Gasteiger partial charge on any atom is -0.0533 e. The van der Waals surface area contributed by atoms with E-state index >= 15 is 0 Å². The van der Waals surface area contributed by atoms with E-state index in [4.69, 9.17) is 0 Å². The topological polar surface area (TPSA) is 0 Å². The Hall–Kier alpha value is 0. The van der Waals surface area contributed by atoms with Crippen LogP contribution in [0.25, 0.3) is 0 Å². The molecule has 2 fully saturated rings. The zero-order valence-corrected chi connectivity index (χ0v) is 6.36. The van der Waals surface area contributed by atoms with Gasteiger partial charge >= 0.3 is 0 Å². The zero-order valence-electron chi connectivity index (χ0n) is 6.36. The van der Waals surface area contributed by atoms with Gasteiger partial charge in [-0.3, -0.25) is 0 Å². The fraction of sp³-hybridized carbons (Fsp3) is 1.00. The summed E-state index contributed by atoms with van der Waals surface area (Å²) in [6.07, 6.45) is 13.5. The molecule has 0 aliphatic heterocycles. The molecule has 0 heteroatoms. The van der Waals surface area contributed by atoms with E-state index in [1.54, 1.807) is 0 Å². The number of rotatable bonds is 0. The Balaban J connectivity index is 0.000000112. The second-order valence-corrected chi connectivity index (χ2v) is 3.18. The molecule has 0 amide bonds. The molecule has 0 heterocycles. The maximum atomic E-state index is 1.50. The average Bonchev–Trinajstić information content (AvgIpc) is 2.76. The fourth-order valence-electron chi connectivity index (χ4n) is 1.06. The Morgan fingerprint density at radius 2 is 0.333 bits per heavy atom. The summed E-state index contributed by atoms with van der Waals surface area (Å²) in [6.45, 7) is 0. The van der Waals surface area contributed by atoms with Gasteiger partial charge < -0.3 is 0 Å². The molecule has 0 aromatic carbocycles. The third-order valence-electron chi connectivity index (χ3n) is 1.85. The van der Waals surface area contributed by atoms with Gasteiger partial charge in [-0.1, -0.05) is 57.8 Å². The Morgan fingerprint density at radius 3 is 0.444 bits per heavy atom. The molecule has 0 saturated heterocycles. The van der Waals surface area contributed by atoms with Gasteiger partial charge in [-0.15, -0.1) is 0 Å². The van der Waals surface area contributed by atoms with E-state index < -0.39 is 0 Å². The van der Waals surface area contributed by atoms with Gasteiger partial charge in [-0.2, -0.15) is 0 Å². The van der Waals surface area contributed by atoms with Crippen LogP contribution in [-0.2, 0) is 0 Å². The van der Waals surface area contributed by atoms with Gasteiger partial charge in [0.15, 0.2) is 0 Å². The minimum atomic E-state index is 1.50. The average molecular weight is 126 g/mol. The largest absolute Gasteiger partial charge is 0.0533 e. The molecule has 0 bridgehead atoms. The van der Waals surface area contributed by atoms with E-state index in [0.717, 1.165) is 0 Å². The predicted molar refractivity (Wildman–Crippen MR) is 41.6 cm³/mol. The summed E-state index contributed by atoms with van der Waals surface area (Å²) in [5, 5.41) is 0. The zero-order chi connectivity index (χ0) is 6.36. The van der Waals surface area contributed by atoms with Crippen LogP contribution in [0.1, 0.15) is 57.8 Å². The van der Waals surface area contributed by atoms with Crippen LogP contribution < -0.4 is 0 Å². The number of hydrogen-bond donors (Lipinski definition) is 0. The van der Waals surface area contributed by atoms with Crippen LogP contribution in [0.5, 0.6) is 0 Å². The van der Waals surface area contributed by atoms with Crippen molar-refractivity contribution in [3.8, 4) is 0 Å². The molecule has 0 atom stereocenters. The molecule has 0 radical (unpaired) electrons. The first-order valence-electron chi connectivity index (χ1n) is 4.50. The van der Waals surface area contributed by atoms with Gasteiger partial charge in [0.2, 0.25) is 0 Å². The molecular formula is C9H18. The van der Waals surface area contributed by atoms with E-state index in [2.05, 4.69) is 0 Å². The maximum Gasteiger partial charge on any atom is -0.0533 e. The fourth-order valence-corrected chi connectivity index (χ4v) is 1.06. The molecule has 9 heavy (non-hydrogen) atoms. The smallest absolute Gasteiger partial charge is 0.0533 e. The van der Waals surface area contributed by atoms with E-state index in [-0.39, 0.29) is 0 Å². The third-order valence-corrected chi connectivity index (χ3v) is 1.85. The molecule has 2 aliphatic carbocycles. The Kier molecular flexibility index (Phi) is 3.82. The Bertz CT molecular complexity index is 36.8. The summed E-state index contributed by atoms with van der Waals surface area (Å²) < 4.78 is 0. The third kappa shape index (κ3) is 5.88. The van der Waals surface area contributed by atoms with E-state index in [0.29, 0.717) is 0 Å². The van der Waals surface area contributed by atoms with Gasteiger partial charge in [-0.25, -0.2) is 0 Å². The predicted octanol–water partition coefficient (Wildman–Crippen LogP) is 3.51. The first-order valence-corrected chi connectivity index (χ1v) is 4.50. The van der Waals surface area contributed by atoms with Crippen LogP contribution in [0.15, 0.2) is 0 Å². The normalized spacial score (nSPS) is 24.0. The van der Waals surface area contributed by atoms with Crippen LogP contribution in [0.4, 0.5) is 0 Å². The summed E-state index contributed by atoms with van der Waals surface area (Å²) in [6, 6.07) is 0. The molecule has 0 N–H and O–H groups in total. The number of hydrogen-bond acceptors (Lipinski definition) is 0. The standard InChI is InChI=1S/C6H12.C3H6/c1-2-4-6-5-3-1;1-2-3-1/h1-6H2;1-3H2. The lowest BCUT2D eigenvalue weighted by molar-refractivity contribution is 0.504. The van der Waals surface area contributed by atoms with Gasteiger partial charge in [0.1, 0.15) is 0 Å². The summed E-state index contributed by atoms with van der Waals surface area (Å²) >= 11 is 0. The van der Waals surface area contributed by atoms with Crippen molar-refractivity contribution in [3.63, 3.8) is 0 Å².